The summed E-state index contributed by atoms with van der Waals surface area (Å²) in [6.07, 6.45) is -0.944. The number of nitrogen functional groups attached to an aromatic ring is 1. The smallest absolute Gasteiger partial charge is 0.338 e. The Morgan fingerprint density at radius 1 is 1.17 bits per heavy atom. The highest BCUT2D eigenvalue weighted by atomic mass is 35.5. The standard InChI is InChI=1S/C17H17ClN2O3/c1-10-3-6-13(7-4-10)20-16(21)11(2)23-17(22)12-5-8-14(18)15(19)9-12/h3-9,11H,19H2,1-2H3,(H,20,21). The number of ether oxygens (including phenoxy) is 1. The summed E-state index contributed by atoms with van der Waals surface area (Å²) in [7, 11) is 0. The van der Waals surface area contributed by atoms with E-state index in [-0.39, 0.29) is 11.3 Å². The van der Waals surface area contributed by atoms with Crippen LogP contribution in [0.1, 0.15) is 22.8 Å². The second-order valence-corrected chi connectivity index (χ2v) is 5.55. The van der Waals surface area contributed by atoms with Crippen LogP contribution in [0.3, 0.4) is 0 Å². The molecule has 1 atom stereocenters. The summed E-state index contributed by atoms with van der Waals surface area (Å²) in [5.41, 5.74) is 7.88. The van der Waals surface area contributed by atoms with Crippen molar-refractivity contribution in [2.24, 2.45) is 0 Å². The minimum atomic E-state index is -0.944. The van der Waals surface area contributed by atoms with Crippen LogP contribution in [0.25, 0.3) is 0 Å². The fraction of sp³-hybridized carbons (Fsp3) is 0.176. The van der Waals surface area contributed by atoms with E-state index < -0.39 is 18.0 Å². The van der Waals surface area contributed by atoms with Crippen LogP contribution in [0.15, 0.2) is 42.5 Å². The van der Waals surface area contributed by atoms with Gasteiger partial charge in [0.1, 0.15) is 0 Å². The number of rotatable bonds is 4. The Morgan fingerprint density at radius 2 is 1.83 bits per heavy atom. The van der Waals surface area contributed by atoms with Gasteiger partial charge in [-0.2, -0.15) is 0 Å². The average Bonchev–Trinajstić information content (AvgIpc) is 2.52. The molecule has 1 amide bonds. The molecule has 120 valence electrons. The van der Waals surface area contributed by atoms with Gasteiger partial charge in [0.05, 0.1) is 16.3 Å². The number of carbonyl (C=O) groups is 2. The Kier molecular flexibility index (Phi) is 5.24. The van der Waals surface area contributed by atoms with Gasteiger partial charge in [-0.3, -0.25) is 4.79 Å². The quantitative estimate of drug-likeness (QED) is 0.664. The molecular formula is C17H17ClN2O3. The first-order valence-corrected chi connectivity index (χ1v) is 7.38. The van der Waals surface area contributed by atoms with Gasteiger partial charge in [-0.15, -0.1) is 0 Å². The molecule has 0 aromatic heterocycles. The highest BCUT2D eigenvalue weighted by Gasteiger charge is 2.19. The number of hydrogen-bond acceptors (Lipinski definition) is 4. The Morgan fingerprint density at radius 3 is 2.43 bits per heavy atom. The maximum atomic E-state index is 12.1. The first-order chi connectivity index (χ1) is 10.9. The third-order valence-electron chi connectivity index (χ3n) is 3.20. The van der Waals surface area contributed by atoms with Gasteiger partial charge in [-0.25, -0.2) is 4.79 Å². The van der Waals surface area contributed by atoms with Crippen LogP contribution in [0.5, 0.6) is 0 Å². The van der Waals surface area contributed by atoms with Crippen LogP contribution >= 0.6 is 11.6 Å². The summed E-state index contributed by atoms with van der Waals surface area (Å²) < 4.78 is 5.14. The minimum Gasteiger partial charge on any atom is -0.449 e. The molecule has 23 heavy (non-hydrogen) atoms. The highest BCUT2D eigenvalue weighted by molar-refractivity contribution is 6.33. The lowest BCUT2D eigenvalue weighted by Gasteiger charge is -2.14. The SMILES string of the molecule is Cc1ccc(NC(=O)C(C)OC(=O)c2ccc(Cl)c(N)c2)cc1. The normalized spacial score (nSPS) is 11.6. The van der Waals surface area contributed by atoms with Crippen LogP contribution < -0.4 is 11.1 Å². The lowest BCUT2D eigenvalue weighted by Crippen LogP contribution is -2.30. The van der Waals surface area contributed by atoms with E-state index in [9.17, 15) is 9.59 Å². The van der Waals surface area contributed by atoms with E-state index in [4.69, 9.17) is 22.1 Å². The molecule has 0 radical (unpaired) electrons. The molecule has 0 fully saturated rings. The maximum absolute atomic E-state index is 12.1. The molecule has 2 aromatic carbocycles. The molecule has 2 rings (SSSR count). The number of halogens is 1. The number of nitrogens with two attached hydrogens (primary N) is 1. The predicted molar refractivity (Wildman–Crippen MR) is 90.6 cm³/mol. The lowest BCUT2D eigenvalue weighted by atomic mass is 10.2. The molecular weight excluding hydrogens is 316 g/mol. The predicted octanol–water partition coefficient (Wildman–Crippen LogP) is 3.41. The van der Waals surface area contributed by atoms with Crippen molar-refractivity contribution < 1.29 is 14.3 Å². The second-order valence-electron chi connectivity index (χ2n) is 5.14. The van der Waals surface area contributed by atoms with Gasteiger partial charge < -0.3 is 15.8 Å². The topological polar surface area (TPSA) is 81.4 Å². The van der Waals surface area contributed by atoms with E-state index in [1.807, 2.05) is 19.1 Å². The highest BCUT2D eigenvalue weighted by Crippen LogP contribution is 2.20. The molecule has 0 bridgehead atoms. The summed E-state index contributed by atoms with van der Waals surface area (Å²) in [6.45, 7) is 3.45. The van der Waals surface area contributed by atoms with Crippen LogP contribution in [-0.2, 0) is 9.53 Å². The minimum absolute atomic E-state index is 0.238. The largest absolute Gasteiger partial charge is 0.449 e. The van der Waals surface area contributed by atoms with Crippen molar-refractivity contribution in [1.82, 2.24) is 0 Å². The van der Waals surface area contributed by atoms with Crippen molar-refractivity contribution in [1.29, 1.82) is 0 Å². The monoisotopic (exact) mass is 332 g/mol. The van der Waals surface area contributed by atoms with Gasteiger partial charge in [-0.05, 0) is 44.2 Å². The van der Waals surface area contributed by atoms with Gasteiger partial charge in [-0.1, -0.05) is 29.3 Å². The van der Waals surface area contributed by atoms with Crippen LogP contribution in [-0.4, -0.2) is 18.0 Å². The third-order valence-corrected chi connectivity index (χ3v) is 3.55. The van der Waals surface area contributed by atoms with E-state index in [0.717, 1.165) is 5.56 Å². The zero-order valence-electron chi connectivity index (χ0n) is 12.8. The van der Waals surface area contributed by atoms with Gasteiger partial charge in [0, 0.05) is 5.69 Å². The maximum Gasteiger partial charge on any atom is 0.338 e. The molecule has 0 heterocycles. The molecule has 0 saturated heterocycles. The summed E-state index contributed by atoms with van der Waals surface area (Å²) in [4.78, 5) is 24.1. The molecule has 3 N–H and O–H groups in total. The van der Waals surface area contributed by atoms with E-state index in [1.54, 1.807) is 12.1 Å². The van der Waals surface area contributed by atoms with Crippen LogP contribution in [0, 0.1) is 6.92 Å². The summed E-state index contributed by atoms with van der Waals surface area (Å²) in [5.74, 6) is -1.05. The summed E-state index contributed by atoms with van der Waals surface area (Å²) >= 11 is 5.80. The van der Waals surface area contributed by atoms with Crippen molar-refractivity contribution in [3.8, 4) is 0 Å². The fourth-order valence-corrected chi connectivity index (χ4v) is 1.95. The van der Waals surface area contributed by atoms with Crippen molar-refractivity contribution >= 4 is 34.9 Å². The third kappa shape index (κ3) is 4.47. The molecule has 5 nitrogen and oxygen atoms in total. The number of anilines is 2. The summed E-state index contributed by atoms with van der Waals surface area (Å²) in [5, 5.41) is 3.04. The average molecular weight is 333 g/mol. The number of nitrogens with one attached hydrogen (secondary N) is 1. The molecule has 0 aliphatic heterocycles. The first kappa shape index (κ1) is 16.8. The Balaban J connectivity index is 1.98. The Labute approximate surface area is 139 Å². The molecule has 2 aromatic rings. The van der Waals surface area contributed by atoms with E-state index in [1.165, 1.54) is 25.1 Å². The van der Waals surface area contributed by atoms with Crippen LogP contribution in [0.2, 0.25) is 5.02 Å². The van der Waals surface area contributed by atoms with Crippen molar-refractivity contribution in [2.45, 2.75) is 20.0 Å². The van der Waals surface area contributed by atoms with Gasteiger partial charge in [0.15, 0.2) is 6.10 Å². The lowest BCUT2D eigenvalue weighted by molar-refractivity contribution is -0.123. The zero-order chi connectivity index (χ0) is 17.0. The Bertz CT molecular complexity index is 729. The number of aryl methyl sites for hydroxylation is 1. The van der Waals surface area contributed by atoms with Crippen molar-refractivity contribution in [3.05, 3.63) is 58.6 Å². The number of benzene rings is 2. The molecule has 0 saturated carbocycles. The van der Waals surface area contributed by atoms with Gasteiger partial charge in [0.25, 0.3) is 5.91 Å². The number of amides is 1. The number of carbonyl (C=O) groups excluding carboxylic acids is 2. The molecule has 0 aliphatic carbocycles. The van der Waals surface area contributed by atoms with Crippen molar-refractivity contribution in [3.63, 3.8) is 0 Å². The summed E-state index contributed by atoms with van der Waals surface area (Å²) in [6, 6.07) is 11.7. The number of hydrogen-bond donors (Lipinski definition) is 2. The second kappa shape index (κ2) is 7.15. The molecule has 1 unspecified atom stereocenters. The molecule has 0 aliphatic rings. The molecule has 0 spiro atoms. The van der Waals surface area contributed by atoms with Gasteiger partial charge in [0.2, 0.25) is 0 Å². The van der Waals surface area contributed by atoms with E-state index in [0.29, 0.717) is 10.7 Å². The van der Waals surface area contributed by atoms with Crippen LogP contribution in [0.4, 0.5) is 11.4 Å². The van der Waals surface area contributed by atoms with Gasteiger partial charge >= 0.3 is 5.97 Å². The fourth-order valence-electron chi connectivity index (χ4n) is 1.83. The first-order valence-electron chi connectivity index (χ1n) is 7.00. The van der Waals surface area contributed by atoms with E-state index in [2.05, 4.69) is 5.32 Å². The Hall–Kier alpha value is -2.53. The molecule has 6 heteroatoms. The number of esters is 1. The zero-order valence-corrected chi connectivity index (χ0v) is 13.6. The van der Waals surface area contributed by atoms with E-state index >= 15 is 0 Å². The van der Waals surface area contributed by atoms with Crippen molar-refractivity contribution in [2.75, 3.05) is 11.1 Å².